The molecule has 0 saturated carbocycles. The van der Waals surface area contributed by atoms with Crippen molar-refractivity contribution >= 4 is 45.0 Å². The summed E-state index contributed by atoms with van der Waals surface area (Å²) in [6, 6.07) is 13.6. The van der Waals surface area contributed by atoms with Gasteiger partial charge in [-0.05, 0) is 81.7 Å². The number of fused-ring (bicyclic) bond motifs is 2. The first-order chi connectivity index (χ1) is 19.8. The standard InChI is InChI=1S/C32H34BrFN4O4/c1-16-9-11-19-22(13-16)37-30(41)32(19)24(15-31(2,3)4)38-27(25(32)18-7-6-8-20(33)26(18)34)29(40)36-21-12-10-17(28(35)39)14-23(21)42-5/h6-14,24-25,27,38H,15H2,1-5H3,(H2,35,39)(H,36,40)(H,37,41)/t24?,25?,27-,32-/m1/s1. The van der Waals surface area contributed by atoms with E-state index in [4.69, 9.17) is 10.5 Å². The van der Waals surface area contributed by atoms with Gasteiger partial charge < -0.3 is 26.4 Å². The summed E-state index contributed by atoms with van der Waals surface area (Å²) in [7, 11) is 1.42. The molecule has 0 aliphatic carbocycles. The van der Waals surface area contributed by atoms with Crippen molar-refractivity contribution < 1.29 is 23.5 Å². The van der Waals surface area contributed by atoms with E-state index >= 15 is 4.39 Å². The molecule has 2 unspecified atom stereocenters. The Hall–Kier alpha value is -3.76. The second-order valence-electron chi connectivity index (χ2n) is 12.2. The molecule has 0 radical (unpaired) electrons. The third-order valence-corrected chi connectivity index (χ3v) is 8.77. The van der Waals surface area contributed by atoms with Gasteiger partial charge in [-0.15, -0.1) is 0 Å². The molecule has 3 aromatic carbocycles. The lowest BCUT2D eigenvalue weighted by atomic mass is 9.62. The van der Waals surface area contributed by atoms with E-state index in [-0.39, 0.29) is 32.7 Å². The molecule has 8 nitrogen and oxygen atoms in total. The Labute approximate surface area is 252 Å². The Bertz CT molecular complexity index is 1600. The van der Waals surface area contributed by atoms with Gasteiger partial charge in [-0.1, -0.05) is 45.0 Å². The minimum atomic E-state index is -1.29. The van der Waals surface area contributed by atoms with E-state index in [9.17, 15) is 14.4 Å². The minimum absolute atomic E-state index is 0.219. The van der Waals surface area contributed by atoms with Gasteiger partial charge in [0, 0.05) is 23.2 Å². The van der Waals surface area contributed by atoms with Crippen LogP contribution < -0.4 is 26.4 Å². The minimum Gasteiger partial charge on any atom is -0.495 e. The van der Waals surface area contributed by atoms with Crippen LogP contribution in [0.1, 0.15) is 60.2 Å². The monoisotopic (exact) mass is 636 g/mol. The van der Waals surface area contributed by atoms with Crippen LogP contribution in [0.2, 0.25) is 0 Å². The molecule has 4 atom stereocenters. The molecule has 2 aliphatic heterocycles. The van der Waals surface area contributed by atoms with Crippen LogP contribution in [0.4, 0.5) is 15.8 Å². The lowest BCUT2D eigenvalue weighted by Crippen LogP contribution is -2.49. The molecule has 10 heteroatoms. The summed E-state index contributed by atoms with van der Waals surface area (Å²) in [6.45, 7) is 8.14. The highest BCUT2D eigenvalue weighted by Crippen LogP contribution is 2.57. The Morgan fingerprint density at radius 3 is 2.55 bits per heavy atom. The highest BCUT2D eigenvalue weighted by atomic mass is 79.9. The molecule has 220 valence electrons. The van der Waals surface area contributed by atoms with Gasteiger partial charge in [-0.25, -0.2) is 4.39 Å². The van der Waals surface area contributed by atoms with Crippen LogP contribution in [0.25, 0.3) is 0 Å². The maximum absolute atomic E-state index is 16.0. The molecule has 5 rings (SSSR count). The summed E-state index contributed by atoms with van der Waals surface area (Å²) in [5.74, 6) is -2.61. The fourth-order valence-electron chi connectivity index (χ4n) is 6.45. The van der Waals surface area contributed by atoms with Crippen molar-refractivity contribution in [2.24, 2.45) is 11.1 Å². The fraction of sp³-hybridized carbons (Fsp3) is 0.344. The van der Waals surface area contributed by atoms with Gasteiger partial charge in [0.1, 0.15) is 17.0 Å². The summed E-state index contributed by atoms with van der Waals surface area (Å²) in [6.07, 6.45) is 0.528. The Balaban J connectivity index is 1.70. The first kappa shape index (κ1) is 29.7. The van der Waals surface area contributed by atoms with Gasteiger partial charge in [-0.3, -0.25) is 14.4 Å². The maximum Gasteiger partial charge on any atom is 0.248 e. The third-order valence-electron chi connectivity index (χ3n) is 8.16. The van der Waals surface area contributed by atoms with Crippen molar-refractivity contribution in [1.29, 1.82) is 0 Å². The van der Waals surface area contributed by atoms with Crippen molar-refractivity contribution in [3.05, 3.63) is 87.1 Å². The summed E-state index contributed by atoms with van der Waals surface area (Å²) in [5, 5.41) is 9.43. The number of halogens is 2. The Kier molecular flexibility index (Phi) is 7.66. The predicted molar refractivity (Wildman–Crippen MR) is 163 cm³/mol. The van der Waals surface area contributed by atoms with E-state index in [1.54, 1.807) is 18.2 Å². The van der Waals surface area contributed by atoms with Gasteiger partial charge in [-0.2, -0.15) is 0 Å². The number of ether oxygens (including phenoxy) is 1. The molecule has 1 saturated heterocycles. The number of amides is 3. The highest BCUT2D eigenvalue weighted by Gasteiger charge is 2.66. The SMILES string of the molecule is COc1cc(C(N)=O)ccc1NC(=O)[C@@H]1NC(CC(C)(C)C)[C@@]2(C(=O)Nc3cc(C)ccc32)C1c1cccc(Br)c1F. The zero-order valence-corrected chi connectivity index (χ0v) is 25.7. The fourth-order valence-corrected chi connectivity index (χ4v) is 6.83. The third kappa shape index (κ3) is 4.96. The van der Waals surface area contributed by atoms with E-state index < -0.39 is 41.0 Å². The largest absolute Gasteiger partial charge is 0.495 e. The second-order valence-corrected chi connectivity index (χ2v) is 13.1. The predicted octanol–water partition coefficient (Wildman–Crippen LogP) is 5.39. The topological polar surface area (TPSA) is 123 Å². The first-order valence-electron chi connectivity index (χ1n) is 13.7. The van der Waals surface area contributed by atoms with Crippen LogP contribution in [0.15, 0.2) is 59.1 Å². The normalized spacial score (nSPS) is 23.0. The molecule has 3 amide bonds. The first-order valence-corrected chi connectivity index (χ1v) is 14.5. The number of hydrogen-bond donors (Lipinski definition) is 4. The zero-order chi connectivity index (χ0) is 30.6. The van der Waals surface area contributed by atoms with E-state index in [1.165, 1.54) is 25.3 Å². The van der Waals surface area contributed by atoms with Crippen LogP contribution in [0, 0.1) is 18.2 Å². The number of nitrogens with two attached hydrogens (primary N) is 1. The molecule has 3 aromatic rings. The summed E-state index contributed by atoms with van der Waals surface area (Å²) >= 11 is 3.31. The number of primary amides is 1. The molecular formula is C32H34BrFN4O4. The Morgan fingerprint density at radius 2 is 1.88 bits per heavy atom. The molecular weight excluding hydrogens is 603 g/mol. The van der Waals surface area contributed by atoms with E-state index in [1.807, 2.05) is 25.1 Å². The molecule has 0 aromatic heterocycles. The smallest absolute Gasteiger partial charge is 0.248 e. The van der Waals surface area contributed by atoms with Crippen molar-refractivity contribution in [2.75, 3.05) is 17.7 Å². The molecule has 2 aliphatic rings. The van der Waals surface area contributed by atoms with Crippen molar-refractivity contribution in [3.8, 4) is 5.75 Å². The van der Waals surface area contributed by atoms with Gasteiger partial charge in [0.25, 0.3) is 0 Å². The molecule has 2 heterocycles. The number of rotatable bonds is 6. The number of benzene rings is 3. The Morgan fingerprint density at radius 1 is 1.14 bits per heavy atom. The molecule has 1 spiro atoms. The number of nitrogens with one attached hydrogen (secondary N) is 3. The number of carbonyl (C=O) groups is 3. The van der Waals surface area contributed by atoms with Gasteiger partial charge in [0.2, 0.25) is 17.7 Å². The van der Waals surface area contributed by atoms with Crippen molar-refractivity contribution in [1.82, 2.24) is 5.32 Å². The molecule has 0 bridgehead atoms. The number of aryl methyl sites for hydroxylation is 1. The van der Waals surface area contributed by atoms with Gasteiger partial charge >= 0.3 is 0 Å². The van der Waals surface area contributed by atoms with E-state index in [0.29, 0.717) is 17.8 Å². The van der Waals surface area contributed by atoms with Crippen LogP contribution in [-0.2, 0) is 15.0 Å². The molecule has 1 fully saturated rings. The van der Waals surface area contributed by atoms with Crippen LogP contribution in [-0.4, -0.2) is 36.9 Å². The van der Waals surface area contributed by atoms with E-state index in [2.05, 4.69) is 52.7 Å². The summed E-state index contributed by atoms with van der Waals surface area (Å²) in [4.78, 5) is 40.2. The van der Waals surface area contributed by atoms with Gasteiger partial charge in [0.15, 0.2) is 0 Å². The average molecular weight is 638 g/mol. The van der Waals surface area contributed by atoms with Crippen molar-refractivity contribution in [2.45, 2.75) is 57.5 Å². The van der Waals surface area contributed by atoms with E-state index in [0.717, 1.165) is 11.1 Å². The van der Waals surface area contributed by atoms with Crippen LogP contribution >= 0.6 is 15.9 Å². The highest BCUT2D eigenvalue weighted by molar-refractivity contribution is 9.10. The van der Waals surface area contributed by atoms with Gasteiger partial charge in [0.05, 0.1) is 23.3 Å². The van der Waals surface area contributed by atoms with Crippen molar-refractivity contribution in [3.63, 3.8) is 0 Å². The zero-order valence-electron chi connectivity index (χ0n) is 24.1. The lowest BCUT2D eigenvalue weighted by Gasteiger charge is -2.37. The quantitative estimate of drug-likeness (QED) is 0.289. The average Bonchev–Trinajstić information content (AvgIpc) is 3.39. The number of anilines is 2. The number of carbonyl (C=O) groups excluding carboxylic acids is 3. The second kappa shape index (κ2) is 10.8. The molecule has 5 N–H and O–H groups in total. The van der Waals surface area contributed by atoms with Crippen LogP contribution in [0.3, 0.4) is 0 Å². The summed E-state index contributed by atoms with van der Waals surface area (Å²) in [5.41, 5.74) is 7.01. The number of methoxy groups -OCH3 is 1. The maximum atomic E-state index is 16.0. The lowest BCUT2D eigenvalue weighted by molar-refractivity contribution is -0.122. The number of hydrogen-bond acceptors (Lipinski definition) is 5. The van der Waals surface area contributed by atoms with Crippen LogP contribution in [0.5, 0.6) is 5.75 Å². The molecule has 42 heavy (non-hydrogen) atoms. The summed E-state index contributed by atoms with van der Waals surface area (Å²) < 4.78 is 21.7.